The predicted octanol–water partition coefficient (Wildman–Crippen LogP) is 2.39. The Hall–Kier alpha value is -1.15. The van der Waals surface area contributed by atoms with Crippen molar-refractivity contribution in [3.8, 4) is 0 Å². The van der Waals surface area contributed by atoms with Gasteiger partial charge in [0.2, 0.25) is 15.9 Å². The van der Waals surface area contributed by atoms with Crippen LogP contribution in [0.25, 0.3) is 0 Å². The molecule has 6 nitrogen and oxygen atoms in total. The van der Waals surface area contributed by atoms with E-state index in [-0.39, 0.29) is 22.8 Å². The fourth-order valence-electron chi connectivity index (χ4n) is 3.48. The number of nitrogens with one attached hydrogen (secondary N) is 2. The highest BCUT2D eigenvalue weighted by molar-refractivity contribution is 7.89. The molecule has 1 aromatic rings. The first-order chi connectivity index (χ1) is 12.8. The largest absolute Gasteiger partial charge is 0.352 e. The third-order valence-electron chi connectivity index (χ3n) is 5.29. The van der Waals surface area contributed by atoms with E-state index in [1.165, 1.54) is 37.1 Å². The summed E-state index contributed by atoms with van der Waals surface area (Å²) in [6.45, 7) is 5.67. The topological polar surface area (TPSA) is 78.5 Å². The molecule has 1 aliphatic carbocycles. The van der Waals surface area contributed by atoms with E-state index in [0.29, 0.717) is 5.02 Å². The van der Waals surface area contributed by atoms with Gasteiger partial charge >= 0.3 is 0 Å². The third-order valence-corrected chi connectivity index (χ3v) is 7.00. The van der Waals surface area contributed by atoms with E-state index in [4.69, 9.17) is 11.6 Å². The lowest BCUT2D eigenvalue weighted by Gasteiger charge is -2.33. The molecule has 1 saturated carbocycles. The van der Waals surface area contributed by atoms with Gasteiger partial charge in [-0.3, -0.25) is 4.79 Å². The standard InChI is InChI=1S/C19H28ClN3O3S/c1-13(2)18(22-27(25,26)17-7-3-14(20)4-8-17)19(24)21-15-9-11-23(12-10-15)16-5-6-16/h3-4,7-8,13,15-16,18,22H,5-6,9-12H2,1-2H3,(H,21,24). The van der Waals surface area contributed by atoms with Crippen molar-refractivity contribution in [2.75, 3.05) is 13.1 Å². The monoisotopic (exact) mass is 413 g/mol. The zero-order valence-corrected chi connectivity index (χ0v) is 17.4. The smallest absolute Gasteiger partial charge is 0.241 e. The van der Waals surface area contributed by atoms with E-state index >= 15 is 0 Å². The molecule has 0 radical (unpaired) electrons. The number of halogens is 1. The van der Waals surface area contributed by atoms with Crippen LogP contribution in [-0.2, 0) is 14.8 Å². The zero-order valence-electron chi connectivity index (χ0n) is 15.8. The van der Waals surface area contributed by atoms with Crippen molar-refractivity contribution in [2.24, 2.45) is 5.92 Å². The summed E-state index contributed by atoms with van der Waals surface area (Å²) in [4.78, 5) is 15.4. The zero-order chi connectivity index (χ0) is 19.6. The summed E-state index contributed by atoms with van der Waals surface area (Å²) in [6, 6.07) is 5.96. The number of hydrogen-bond acceptors (Lipinski definition) is 4. The molecule has 0 spiro atoms. The minimum absolute atomic E-state index is 0.100. The minimum atomic E-state index is -3.80. The summed E-state index contributed by atoms with van der Waals surface area (Å²) >= 11 is 5.83. The van der Waals surface area contributed by atoms with Crippen LogP contribution in [0.1, 0.15) is 39.5 Å². The molecule has 1 saturated heterocycles. The maximum absolute atomic E-state index is 12.8. The van der Waals surface area contributed by atoms with E-state index in [9.17, 15) is 13.2 Å². The Kier molecular flexibility index (Phi) is 6.46. The molecule has 1 aliphatic heterocycles. The maximum atomic E-state index is 12.8. The van der Waals surface area contributed by atoms with Gasteiger partial charge in [-0.05, 0) is 55.9 Å². The Bertz CT molecular complexity index is 755. The molecular weight excluding hydrogens is 386 g/mol. The number of carbonyl (C=O) groups excluding carboxylic acids is 1. The molecule has 2 aliphatic rings. The molecular formula is C19H28ClN3O3S. The summed E-state index contributed by atoms with van der Waals surface area (Å²) in [5.41, 5.74) is 0. The van der Waals surface area contributed by atoms with E-state index in [1.807, 2.05) is 13.8 Å². The molecule has 1 atom stereocenters. The maximum Gasteiger partial charge on any atom is 0.241 e. The highest BCUT2D eigenvalue weighted by atomic mass is 35.5. The van der Waals surface area contributed by atoms with Gasteiger partial charge in [-0.25, -0.2) is 8.42 Å². The molecule has 0 aromatic heterocycles. The van der Waals surface area contributed by atoms with Crippen molar-refractivity contribution in [1.82, 2.24) is 14.9 Å². The average molecular weight is 414 g/mol. The molecule has 1 amide bonds. The quantitative estimate of drug-likeness (QED) is 0.719. The van der Waals surface area contributed by atoms with Gasteiger partial charge in [0.25, 0.3) is 0 Å². The Morgan fingerprint density at radius 1 is 1.11 bits per heavy atom. The SMILES string of the molecule is CC(C)C(NS(=O)(=O)c1ccc(Cl)cc1)C(=O)NC1CCN(C2CC2)CC1. The number of sulfonamides is 1. The number of rotatable bonds is 7. The van der Waals surface area contributed by atoms with Crippen LogP contribution in [0.4, 0.5) is 0 Å². The molecule has 0 bridgehead atoms. The lowest BCUT2D eigenvalue weighted by Crippen LogP contribution is -2.54. The molecule has 27 heavy (non-hydrogen) atoms. The van der Waals surface area contributed by atoms with Gasteiger partial charge in [0.05, 0.1) is 4.90 Å². The van der Waals surface area contributed by atoms with Gasteiger partial charge in [-0.2, -0.15) is 4.72 Å². The number of amides is 1. The van der Waals surface area contributed by atoms with Gasteiger partial charge in [0, 0.05) is 30.2 Å². The first-order valence-corrected chi connectivity index (χ1v) is 11.4. The highest BCUT2D eigenvalue weighted by Crippen LogP contribution is 2.29. The van der Waals surface area contributed by atoms with Gasteiger partial charge in [0.15, 0.2) is 0 Å². The summed E-state index contributed by atoms with van der Waals surface area (Å²) in [7, 11) is -3.80. The van der Waals surface area contributed by atoms with Crippen LogP contribution in [-0.4, -0.2) is 50.4 Å². The van der Waals surface area contributed by atoms with Crippen LogP contribution in [0.2, 0.25) is 5.02 Å². The fraction of sp³-hybridized carbons (Fsp3) is 0.632. The lowest BCUT2D eigenvalue weighted by molar-refractivity contribution is -0.124. The van der Waals surface area contributed by atoms with Gasteiger partial charge in [0.1, 0.15) is 6.04 Å². The van der Waals surface area contributed by atoms with Crippen molar-refractivity contribution in [2.45, 2.75) is 62.6 Å². The molecule has 1 aromatic carbocycles. The number of nitrogens with zero attached hydrogens (tertiary/aromatic N) is 1. The molecule has 2 N–H and O–H groups in total. The summed E-state index contributed by atoms with van der Waals surface area (Å²) in [5.74, 6) is -0.425. The third kappa shape index (κ3) is 5.44. The number of piperidine rings is 1. The normalized spacial score (nSPS) is 20.6. The molecule has 3 rings (SSSR count). The van der Waals surface area contributed by atoms with Crippen molar-refractivity contribution < 1.29 is 13.2 Å². The molecule has 8 heteroatoms. The second kappa shape index (κ2) is 8.47. The van der Waals surface area contributed by atoms with Crippen LogP contribution in [0, 0.1) is 5.92 Å². The predicted molar refractivity (Wildman–Crippen MR) is 106 cm³/mol. The second-order valence-electron chi connectivity index (χ2n) is 7.85. The highest BCUT2D eigenvalue weighted by Gasteiger charge is 2.34. The van der Waals surface area contributed by atoms with Crippen LogP contribution < -0.4 is 10.0 Å². The Labute approximate surface area is 166 Å². The number of likely N-dealkylation sites (tertiary alicyclic amines) is 1. The number of carbonyl (C=O) groups is 1. The Morgan fingerprint density at radius 3 is 2.22 bits per heavy atom. The Balaban J connectivity index is 1.60. The number of benzene rings is 1. The molecule has 150 valence electrons. The van der Waals surface area contributed by atoms with E-state index in [2.05, 4.69) is 14.9 Å². The molecule has 2 fully saturated rings. The fourth-order valence-corrected chi connectivity index (χ4v) is 4.95. The van der Waals surface area contributed by atoms with E-state index in [1.54, 1.807) is 0 Å². The first kappa shape index (κ1) is 20.6. The van der Waals surface area contributed by atoms with Crippen molar-refractivity contribution in [3.05, 3.63) is 29.3 Å². The first-order valence-electron chi connectivity index (χ1n) is 9.58. The molecule has 1 unspecified atom stereocenters. The Morgan fingerprint density at radius 2 is 1.70 bits per heavy atom. The van der Waals surface area contributed by atoms with Gasteiger partial charge in [-0.15, -0.1) is 0 Å². The van der Waals surface area contributed by atoms with Gasteiger partial charge < -0.3 is 10.2 Å². The summed E-state index contributed by atoms with van der Waals surface area (Å²) in [5, 5.41) is 3.51. The van der Waals surface area contributed by atoms with Crippen molar-refractivity contribution >= 4 is 27.5 Å². The van der Waals surface area contributed by atoms with E-state index in [0.717, 1.165) is 32.0 Å². The second-order valence-corrected chi connectivity index (χ2v) is 10.00. The lowest BCUT2D eigenvalue weighted by atomic mass is 10.0. The van der Waals surface area contributed by atoms with E-state index < -0.39 is 16.1 Å². The molecule has 1 heterocycles. The van der Waals surface area contributed by atoms with Crippen LogP contribution >= 0.6 is 11.6 Å². The average Bonchev–Trinajstić information content (AvgIpc) is 3.45. The minimum Gasteiger partial charge on any atom is -0.352 e. The van der Waals surface area contributed by atoms with Crippen LogP contribution in [0.3, 0.4) is 0 Å². The van der Waals surface area contributed by atoms with Crippen LogP contribution in [0.15, 0.2) is 29.2 Å². The summed E-state index contributed by atoms with van der Waals surface area (Å²) < 4.78 is 27.8. The van der Waals surface area contributed by atoms with Crippen LogP contribution in [0.5, 0.6) is 0 Å². The van der Waals surface area contributed by atoms with Gasteiger partial charge in [-0.1, -0.05) is 25.4 Å². The summed E-state index contributed by atoms with van der Waals surface area (Å²) in [6.07, 6.45) is 4.41. The van der Waals surface area contributed by atoms with Crippen molar-refractivity contribution in [1.29, 1.82) is 0 Å². The number of hydrogen-bond donors (Lipinski definition) is 2. The van der Waals surface area contributed by atoms with Crippen molar-refractivity contribution in [3.63, 3.8) is 0 Å².